The van der Waals surface area contributed by atoms with Gasteiger partial charge in [0.2, 0.25) is 0 Å². The van der Waals surface area contributed by atoms with E-state index in [1.807, 2.05) is 6.07 Å². The van der Waals surface area contributed by atoms with Gasteiger partial charge in [-0.1, -0.05) is 0 Å². The van der Waals surface area contributed by atoms with Gasteiger partial charge in [0.15, 0.2) is 5.82 Å². The van der Waals surface area contributed by atoms with Gasteiger partial charge in [0, 0.05) is 6.20 Å². The molecule has 6 nitrogen and oxygen atoms in total. The minimum atomic E-state index is 0.476. The lowest BCUT2D eigenvalue weighted by Crippen LogP contribution is -2.04. The molecule has 0 amide bonds. The molecule has 2 aromatic heterocycles. The molecule has 0 fully saturated rings. The average molecular weight is 200 g/mol. The van der Waals surface area contributed by atoms with Crippen LogP contribution in [0.1, 0.15) is 11.3 Å². The zero-order valence-corrected chi connectivity index (χ0v) is 7.81. The van der Waals surface area contributed by atoms with E-state index in [9.17, 15) is 0 Å². The SMILES string of the molecule is N#Cc1ccnnc1NCc1cnc[nH]1. The van der Waals surface area contributed by atoms with Crippen molar-refractivity contribution in [3.05, 3.63) is 36.0 Å². The number of rotatable bonds is 3. The summed E-state index contributed by atoms with van der Waals surface area (Å²) in [7, 11) is 0. The first-order chi connectivity index (χ1) is 7.40. The number of nitrogens with zero attached hydrogens (tertiary/aromatic N) is 4. The molecule has 0 aliphatic rings. The molecule has 2 rings (SSSR count). The quantitative estimate of drug-likeness (QED) is 0.760. The molecule has 74 valence electrons. The summed E-state index contributed by atoms with van der Waals surface area (Å²) in [6, 6.07) is 3.65. The molecule has 2 aromatic rings. The molecule has 0 radical (unpaired) electrons. The molecule has 15 heavy (non-hydrogen) atoms. The van der Waals surface area contributed by atoms with Crippen LogP contribution in [0.5, 0.6) is 0 Å². The third-order valence-corrected chi connectivity index (χ3v) is 1.84. The Morgan fingerprint density at radius 3 is 3.20 bits per heavy atom. The molecule has 0 aliphatic heterocycles. The lowest BCUT2D eigenvalue weighted by molar-refractivity contribution is 0.980. The van der Waals surface area contributed by atoms with Gasteiger partial charge in [-0.15, -0.1) is 5.10 Å². The second kappa shape index (κ2) is 4.19. The summed E-state index contributed by atoms with van der Waals surface area (Å²) in [6.07, 6.45) is 4.79. The largest absolute Gasteiger partial charge is 0.362 e. The predicted octanol–water partition coefficient (Wildman–Crippen LogP) is 0.683. The van der Waals surface area contributed by atoms with E-state index < -0.39 is 0 Å². The minimum Gasteiger partial charge on any atom is -0.362 e. The Hall–Kier alpha value is -2.42. The summed E-state index contributed by atoms with van der Waals surface area (Å²) in [4.78, 5) is 6.82. The van der Waals surface area contributed by atoms with Crippen molar-refractivity contribution in [2.24, 2.45) is 0 Å². The van der Waals surface area contributed by atoms with Crippen molar-refractivity contribution in [1.29, 1.82) is 5.26 Å². The number of anilines is 1. The summed E-state index contributed by atoms with van der Waals surface area (Å²) in [5.41, 5.74) is 1.40. The highest BCUT2D eigenvalue weighted by Gasteiger charge is 2.02. The van der Waals surface area contributed by atoms with Crippen molar-refractivity contribution >= 4 is 5.82 Å². The molecule has 0 bridgehead atoms. The number of imidazole rings is 1. The van der Waals surface area contributed by atoms with Crippen LogP contribution >= 0.6 is 0 Å². The van der Waals surface area contributed by atoms with Crippen molar-refractivity contribution in [1.82, 2.24) is 20.2 Å². The first kappa shape index (κ1) is 9.15. The number of hydrogen-bond acceptors (Lipinski definition) is 5. The Kier molecular flexibility index (Phi) is 2.56. The normalized spacial score (nSPS) is 9.53. The number of H-pyrrole nitrogens is 1. The maximum Gasteiger partial charge on any atom is 0.166 e. The van der Waals surface area contributed by atoms with Gasteiger partial charge in [-0.2, -0.15) is 10.4 Å². The molecule has 0 saturated carbocycles. The first-order valence-corrected chi connectivity index (χ1v) is 4.33. The third-order valence-electron chi connectivity index (χ3n) is 1.84. The van der Waals surface area contributed by atoms with E-state index in [2.05, 4.69) is 25.5 Å². The number of nitrogens with one attached hydrogen (secondary N) is 2. The smallest absolute Gasteiger partial charge is 0.166 e. The molecule has 0 unspecified atom stereocenters. The van der Waals surface area contributed by atoms with Crippen LogP contribution in [0.25, 0.3) is 0 Å². The topological polar surface area (TPSA) is 90.3 Å². The fourth-order valence-electron chi connectivity index (χ4n) is 1.11. The number of nitriles is 1. The molecular weight excluding hydrogens is 192 g/mol. The van der Waals surface area contributed by atoms with E-state index in [4.69, 9.17) is 5.26 Å². The van der Waals surface area contributed by atoms with Crippen LogP contribution in [0, 0.1) is 11.3 Å². The van der Waals surface area contributed by atoms with Gasteiger partial charge in [-0.25, -0.2) is 4.98 Å². The van der Waals surface area contributed by atoms with Crippen molar-refractivity contribution in [2.75, 3.05) is 5.32 Å². The van der Waals surface area contributed by atoms with Gasteiger partial charge in [0.1, 0.15) is 6.07 Å². The maximum atomic E-state index is 8.80. The van der Waals surface area contributed by atoms with Crippen LogP contribution < -0.4 is 5.32 Å². The van der Waals surface area contributed by atoms with Crippen LogP contribution in [-0.2, 0) is 6.54 Å². The number of aromatic nitrogens is 4. The van der Waals surface area contributed by atoms with Gasteiger partial charge in [0.25, 0.3) is 0 Å². The Bertz CT molecular complexity index is 470. The van der Waals surface area contributed by atoms with Crippen LogP contribution in [0.2, 0.25) is 0 Å². The highest BCUT2D eigenvalue weighted by molar-refractivity contribution is 5.50. The molecular formula is C9H8N6. The Balaban J connectivity index is 2.08. The molecule has 2 N–H and O–H groups in total. The van der Waals surface area contributed by atoms with Gasteiger partial charge in [-0.3, -0.25) is 0 Å². The van der Waals surface area contributed by atoms with E-state index >= 15 is 0 Å². The molecule has 0 spiro atoms. The van der Waals surface area contributed by atoms with E-state index in [-0.39, 0.29) is 0 Å². The summed E-state index contributed by atoms with van der Waals surface area (Å²) in [5, 5.41) is 19.3. The van der Waals surface area contributed by atoms with Crippen molar-refractivity contribution in [2.45, 2.75) is 6.54 Å². The number of hydrogen-bond donors (Lipinski definition) is 2. The first-order valence-electron chi connectivity index (χ1n) is 4.33. The van der Waals surface area contributed by atoms with Crippen LogP contribution in [-0.4, -0.2) is 20.2 Å². The Morgan fingerprint density at radius 1 is 1.53 bits per heavy atom. The molecule has 6 heteroatoms. The standard InChI is InChI=1S/C9H8N6/c10-3-7-1-2-14-15-9(7)12-5-8-4-11-6-13-8/h1-2,4,6H,5H2,(H,11,13)(H,12,15). The van der Waals surface area contributed by atoms with E-state index in [0.717, 1.165) is 5.69 Å². The molecule has 0 aliphatic carbocycles. The summed E-state index contributed by atoms with van der Waals surface area (Å²) in [6.45, 7) is 0.535. The van der Waals surface area contributed by atoms with Gasteiger partial charge < -0.3 is 10.3 Å². The second-order valence-electron chi connectivity index (χ2n) is 2.84. The monoisotopic (exact) mass is 200 g/mol. The zero-order chi connectivity index (χ0) is 10.5. The molecule has 2 heterocycles. The van der Waals surface area contributed by atoms with Crippen LogP contribution in [0.4, 0.5) is 5.82 Å². The molecule has 0 aromatic carbocycles. The van der Waals surface area contributed by atoms with Gasteiger partial charge >= 0.3 is 0 Å². The third kappa shape index (κ3) is 2.08. The number of aromatic amines is 1. The summed E-state index contributed by atoms with van der Waals surface area (Å²) in [5.74, 6) is 0.481. The van der Waals surface area contributed by atoms with Crippen LogP contribution in [0.3, 0.4) is 0 Å². The molecule has 0 saturated heterocycles. The van der Waals surface area contributed by atoms with Crippen molar-refractivity contribution in [3.63, 3.8) is 0 Å². The summed E-state index contributed by atoms with van der Waals surface area (Å²) < 4.78 is 0. The average Bonchev–Trinajstić information content (AvgIpc) is 2.79. The van der Waals surface area contributed by atoms with Gasteiger partial charge in [0.05, 0.1) is 30.3 Å². The van der Waals surface area contributed by atoms with E-state index in [1.54, 1.807) is 18.6 Å². The fourth-order valence-corrected chi connectivity index (χ4v) is 1.11. The van der Waals surface area contributed by atoms with Crippen molar-refractivity contribution in [3.8, 4) is 6.07 Å². The maximum absolute atomic E-state index is 8.80. The van der Waals surface area contributed by atoms with E-state index in [1.165, 1.54) is 6.20 Å². The zero-order valence-electron chi connectivity index (χ0n) is 7.81. The predicted molar refractivity (Wildman–Crippen MR) is 52.7 cm³/mol. The minimum absolute atomic E-state index is 0.476. The van der Waals surface area contributed by atoms with Crippen molar-refractivity contribution < 1.29 is 0 Å². The van der Waals surface area contributed by atoms with Gasteiger partial charge in [-0.05, 0) is 6.07 Å². The second-order valence-corrected chi connectivity index (χ2v) is 2.84. The van der Waals surface area contributed by atoms with Crippen LogP contribution in [0.15, 0.2) is 24.8 Å². The van der Waals surface area contributed by atoms with E-state index in [0.29, 0.717) is 17.9 Å². The highest BCUT2D eigenvalue weighted by Crippen LogP contribution is 2.08. The fraction of sp³-hybridized carbons (Fsp3) is 0.111. The summed E-state index contributed by atoms with van der Waals surface area (Å²) >= 11 is 0. The lowest BCUT2D eigenvalue weighted by atomic mass is 10.3. The molecule has 0 atom stereocenters. The Labute approximate surface area is 86.0 Å². The lowest BCUT2D eigenvalue weighted by Gasteiger charge is -2.03. The highest BCUT2D eigenvalue weighted by atomic mass is 15.2. The Morgan fingerprint density at radius 2 is 2.47 bits per heavy atom.